The molecule has 0 amide bonds. The minimum absolute atomic E-state index is 0.303. The zero-order chi connectivity index (χ0) is 13.1. The summed E-state index contributed by atoms with van der Waals surface area (Å²) in [4.78, 5) is 6.40. The van der Waals surface area contributed by atoms with Crippen LogP contribution in [0.5, 0.6) is 0 Å². The molecule has 1 fully saturated rings. The summed E-state index contributed by atoms with van der Waals surface area (Å²) < 4.78 is 18.5. The lowest BCUT2D eigenvalue weighted by molar-refractivity contribution is 0.0719. The van der Waals surface area contributed by atoms with Crippen LogP contribution in [0.3, 0.4) is 0 Å². The summed E-state index contributed by atoms with van der Waals surface area (Å²) >= 11 is 0. The molecule has 2 rings (SSSR count). The highest BCUT2D eigenvalue weighted by Crippen LogP contribution is 2.27. The van der Waals surface area contributed by atoms with E-state index in [-0.39, 0.29) is 5.82 Å². The van der Waals surface area contributed by atoms with Crippen molar-refractivity contribution in [2.45, 2.75) is 38.5 Å². The van der Waals surface area contributed by atoms with Gasteiger partial charge in [-0.15, -0.1) is 0 Å². The number of rotatable bonds is 3. The zero-order valence-corrected chi connectivity index (χ0v) is 10.9. The Labute approximate surface area is 107 Å². The smallest absolute Gasteiger partial charge is 0.141 e. The molecule has 0 radical (unpaired) electrons. The second-order valence-electron chi connectivity index (χ2n) is 4.76. The molecular formula is C13H20FN3O. The molecule has 5 heteroatoms. The number of nitrogens with zero attached hydrogens (tertiary/aromatic N) is 2. The van der Waals surface area contributed by atoms with E-state index in [0.29, 0.717) is 18.7 Å². The van der Waals surface area contributed by atoms with Gasteiger partial charge < -0.3 is 15.4 Å². The van der Waals surface area contributed by atoms with E-state index in [4.69, 9.17) is 10.5 Å². The number of anilines is 1. The van der Waals surface area contributed by atoms with Crippen LogP contribution in [-0.2, 0) is 11.3 Å². The number of methoxy groups -OCH3 is 1. The molecule has 1 saturated heterocycles. The SMILES string of the molecule is COC1CCN(c2ncc(F)cc2CN)C(C)C1. The Kier molecular flexibility index (Phi) is 4.14. The third-order valence-corrected chi connectivity index (χ3v) is 3.56. The van der Waals surface area contributed by atoms with Gasteiger partial charge in [0.2, 0.25) is 0 Å². The number of aromatic nitrogens is 1. The molecule has 0 spiro atoms. The molecule has 2 atom stereocenters. The Hall–Kier alpha value is -1.20. The summed E-state index contributed by atoms with van der Waals surface area (Å²) in [7, 11) is 1.74. The fraction of sp³-hybridized carbons (Fsp3) is 0.615. The normalized spacial score (nSPS) is 24.3. The minimum Gasteiger partial charge on any atom is -0.381 e. The highest BCUT2D eigenvalue weighted by molar-refractivity contribution is 5.48. The largest absolute Gasteiger partial charge is 0.381 e. The Balaban J connectivity index is 2.21. The van der Waals surface area contributed by atoms with E-state index in [1.807, 2.05) is 0 Å². The molecule has 1 aliphatic rings. The van der Waals surface area contributed by atoms with E-state index in [0.717, 1.165) is 30.8 Å². The standard InChI is InChI=1S/C13H20FN3O/c1-9-5-12(18-2)3-4-17(9)13-10(7-15)6-11(14)8-16-13/h6,8-9,12H,3-5,7,15H2,1-2H3. The molecule has 1 aliphatic heterocycles. The van der Waals surface area contributed by atoms with Crippen molar-refractivity contribution in [2.24, 2.45) is 5.73 Å². The maximum atomic E-state index is 13.2. The summed E-state index contributed by atoms with van der Waals surface area (Å²) in [5.41, 5.74) is 6.43. The second-order valence-corrected chi connectivity index (χ2v) is 4.76. The average Bonchev–Trinajstić information content (AvgIpc) is 2.39. The van der Waals surface area contributed by atoms with Crippen LogP contribution in [0.4, 0.5) is 10.2 Å². The summed E-state index contributed by atoms with van der Waals surface area (Å²) in [6.07, 6.45) is 3.48. The van der Waals surface area contributed by atoms with Crippen molar-refractivity contribution in [2.75, 3.05) is 18.6 Å². The van der Waals surface area contributed by atoms with Gasteiger partial charge >= 0.3 is 0 Å². The molecule has 0 aliphatic carbocycles. The number of nitrogens with two attached hydrogens (primary N) is 1. The molecule has 1 aromatic heterocycles. The van der Waals surface area contributed by atoms with Crippen molar-refractivity contribution in [1.29, 1.82) is 0 Å². The summed E-state index contributed by atoms with van der Waals surface area (Å²) in [6, 6.07) is 1.80. The molecule has 2 unspecified atom stereocenters. The number of ether oxygens (including phenoxy) is 1. The number of halogens is 1. The quantitative estimate of drug-likeness (QED) is 0.890. The van der Waals surface area contributed by atoms with E-state index in [1.165, 1.54) is 12.3 Å². The van der Waals surface area contributed by atoms with Crippen LogP contribution < -0.4 is 10.6 Å². The van der Waals surface area contributed by atoms with Gasteiger partial charge in [0.25, 0.3) is 0 Å². The number of hydrogen-bond donors (Lipinski definition) is 1. The highest BCUT2D eigenvalue weighted by Gasteiger charge is 2.27. The Bertz CT molecular complexity index is 413. The average molecular weight is 253 g/mol. The van der Waals surface area contributed by atoms with Gasteiger partial charge in [-0.1, -0.05) is 0 Å². The molecule has 0 saturated carbocycles. The maximum absolute atomic E-state index is 13.2. The van der Waals surface area contributed by atoms with Crippen LogP contribution in [-0.4, -0.2) is 30.8 Å². The predicted molar refractivity (Wildman–Crippen MR) is 68.9 cm³/mol. The molecule has 1 aromatic rings. The van der Waals surface area contributed by atoms with Gasteiger partial charge in [-0.2, -0.15) is 0 Å². The first-order chi connectivity index (χ1) is 8.65. The van der Waals surface area contributed by atoms with E-state index in [2.05, 4.69) is 16.8 Å². The fourth-order valence-corrected chi connectivity index (χ4v) is 2.54. The van der Waals surface area contributed by atoms with Crippen LogP contribution in [0.25, 0.3) is 0 Å². The monoisotopic (exact) mass is 253 g/mol. The van der Waals surface area contributed by atoms with Crippen molar-refractivity contribution >= 4 is 5.82 Å². The van der Waals surface area contributed by atoms with Crippen LogP contribution >= 0.6 is 0 Å². The first-order valence-corrected chi connectivity index (χ1v) is 6.29. The second kappa shape index (κ2) is 5.63. The van der Waals surface area contributed by atoms with Crippen molar-refractivity contribution in [1.82, 2.24) is 4.98 Å². The van der Waals surface area contributed by atoms with Crippen LogP contribution in [0.15, 0.2) is 12.3 Å². The number of pyridine rings is 1. The van der Waals surface area contributed by atoms with Crippen LogP contribution in [0, 0.1) is 5.82 Å². The van der Waals surface area contributed by atoms with Crippen LogP contribution in [0.1, 0.15) is 25.3 Å². The van der Waals surface area contributed by atoms with Gasteiger partial charge in [-0.25, -0.2) is 9.37 Å². The minimum atomic E-state index is -0.335. The molecule has 2 heterocycles. The van der Waals surface area contributed by atoms with Crippen molar-refractivity contribution in [3.05, 3.63) is 23.6 Å². The Morgan fingerprint density at radius 1 is 1.61 bits per heavy atom. The lowest BCUT2D eigenvalue weighted by Crippen LogP contribution is -2.44. The predicted octanol–water partition coefficient (Wildman–Crippen LogP) is 1.68. The van der Waals surface area contributed by atoms with Gasteiger partial charge in [0.1, 0.15) is 11.6 Å². The lowest BCUT2D eigenvalue weighted by atomic mass is 10.00. The molecule has 0 bridgehead atoms. The first kappa shape index (κ1) is 13.2. The Morgan fingerprint density at radius 3 is 3.00 bits per heavy atom. The lowest BCUT2D eigenvalue weighted by Gasteiger charge is -2.38. The fourth-order valence-electron chi connectivity index (χ4n) is 2.54. The molecule has 18 heavy (non-hydrogen) atoms. The van der Waals surface area contributed by atoms with Gasteiger partial charge in [0, 0.05) is 31.8 Å². The van der Waals surface area contributed by atoms with Crippen LogP contribution in [0.2, 0.25) is 0 Å². The molecular weight excluding hydrogens is 233 g/mol. The van der Waals surface area contributed by atoms with Crippen molar-refractivity contribution in [3.8, 4) is 0 Å². The molecule has 2 N–H and O–H groups in total. The van der Waals surface area contributed by atoms with E-state index >= 15 is 0 Å². The number of hydrogen-bond acceptors (Lipinski definition) is 4. The molecule has 100 valence electrons. The summed E-state index contributed by atoms with van der Waals surface area (Å²) in [5, 5.41) is 0. The van der Waals surface area contributed by atoms with E-state index in [1.54, 1.807) is 7.11 Å². The maximum Gasteiger partial charge on any atom is 0.141 e. The van der Waals surface area contributed by atoms with Gasteiger partial charge in [-0.05, 0) is 25.8 Å². The first-order valence-electron chi connectivity index (χ1n) is 6.29. The van der Waals surface area contributed by atoms with Gasteiger partial charge in [0.15, 0.2) is 0 Å². The van der Waals surface area contributed by atoms with Gasteiger partial charge in [-0.3, -0.25) is 0 Å². The van der Waals surface area contributed by atoms with E-state index < -0.39 is 0 Å². The molecule has 0 aromatic carbocycles. The third-order valence-electron chi connectivity index (χ3n) is 3.56. The highest BCUT2D eigenvalue weighted by atomic mass is 19.1. The zero-order valence-electron chi connectivity index (χ0n) is 10.9. The topological polar surface area (TPSA) is 51.4 Å². The van der Waals surface area contributed by atoms with Gasteiger partial charge in [0.05, 0.1) is 12.3 Å². The molecule has 4 nitrogen and oxygen atoms in total. The van der Waals surface area contributed by atoms with E-state index in [9.17, 15) is 4.39 Å². The Morgan fingerprint density at radius 2 is 2.39 bits per heavy atom. The van der Waals surface area contributed by atoms with Crippen molar-refractivity contribution in [3.63, 3.8) is 0 Å². The number of piperidine rings is 1. The summed E-state index contributed by atoms with van der Waals surface area (Å²) in [6.45, 7) is 3.30. The third kappa shape index (κ3) is 2.62. The van der Waals surface area contributed by atoms with Crippen molar-refractivity contribution < 1.29 is 9.13 Å². The summed E-state index contributed by atoms with van der Waals surface area (Å²) in [5.74, 6) is 0.472.